The summed E-state index contributed by atoms with van der Waals surface area (Å²) in [7, 11) is 0. The Hall–Kier alpha value is -1.27. The minimum absolute atomic E-state index is 0.238. The molecule has 1 unspecified atom stereocenters. The standard InChI is InChI=1S/C11H17F3N2O2/c1-5-10(4)8(18)16(6-11(12,13)14)9(2,3)7(17)15-10/h5-6H2,1-4H3,(H,15,17). The molecule has 7 heteroatoms. The van der Waals surface area contributed by atoms with Gasteiger partial charge in [-0.1, -0.05) is 6.92 Å². The molecule has 1 atom stereocenters. The Kier molecular flexibility index (Phi) is 3.40. The first-order chi connectivity index (χ1) is 7.94. The predicted octanol–water partition coefficient (Wildman–Crippen LogP) is 1.45. The summed E-state index contributed by atoms with van der Waals surface area (Å²) in [6.45, 7) is 4.28. The van der Waals surface area contributed by atoms with Crippen LogP contribution in [0.25, 0.3) is 0 Å². The number of carbonyl (C=O) groups is 2. The number of hydrogen-bond donors (Lipinski definition) is 1. The zero-order valence-electron chi connectivity index (χ0n) is 10.8. The Labute approximate surface area is 104 Å². The van der Waals surface area contributed by atoms with Crippen molar-refractivity contribution in [1.29, 1.82) is 0 Å². The summed E-state index contributed by atoms with van der Waals surface area (Å²) in [5.74, 6) is -1.28. The minimum atomic E-state index is -4.53. The quantitative estimate of drug-likeness (QED) is 0.822. The van der Waals surface area contributed by atoms with Gasteiger partial charge in [-0.2, -0.15) is 13.2 Å². The maximum atomic E-state index is 12.5. The van der Waals surface area contributed by atoms with Crippen LogP contribution in [-0.4, -0.2) is 40.5 Å². The average molecular weight is 266 g/mol. The molecule has 18 heavy (non-hydrogen) atoms. The topological polar surface area (TPSA) is 49.4 Å². The molecule has 0 spiro atoms. The SMILES string of the molecule is CCC1(C)NC(=O)C(C)(C)N(CC(F)(F)F)C1=O. The highest BCUT2D eigenvalue weighted by atomic mass is 19.4. The number of carbonyl (C=O) groups excluding carboxylic acids is 2. The number of hydrogen-bond acceptors (Lipinski definition) is 2. The number of rotatable bonds is 2. The summed E-state index contributed by atoms with van der Waals surface area (Å²) >= 11 is 0. The van der Waals surface area contributed by atoms with Crippen LogP contribution in [0.3, 0.4) is 0 Å². The fourth-order valence-corrected chi connectivity index (χ4v) is 1.82. The molecule has 1 saturated heterocycles. The first kappa shape index (κ1) is 14.8. The molecule has 1 fully saturated rings. The number of amides is 2. The van der Waals surface area contributed by atoms with Crippen molar-refractivity contribution in [1.82, 2.24) is 10.2 Å². The Morgan fingerprint density at radius 2 is 1.72 bits per heavy atom. The number of nitrogens with one attached hydrogen (secondary N) is 1. The van der Waals surface area contributed by atoms with E-state index in [1.165, 1.54) is 20.8 Å². The highest BCUT2D eigenvalue weighted by Crippen LogP contribution is 2.31. The number of nitrogens with zero attached hydrogens (tertiary/aromatic N) is 1. The molecular weight excluding hydrogens is 249 g/mol. The van der Waals surface area contributed by atoms with Gasteiger partial charge in [0.25, 0.3) is 0 Å². The molecule has 1 rings (SSSR count). The molecule has 104 valence electrons. The Morgan fingerprint density at radius 1 is 1.22 bits per heavy atom. The van der Waals surface area contributed by atoms with Crippen LogP contribution in [0, 0.1) is 0 Å². The van der Waals surface area contributed by atoms with Gasteiger partial charge < -0.3 is 10.2 Å². The lowest BCUT2D eigenvalue weighted by Crippen LogP contribution is -2.74. The van der Waals surface area contributed by atoms with Crippen molar-refractivity contribution in [3.63, 3.8) is 0 Å². The van der Waals surface area contributed by atoms with Gasteiger partial charge >= 0.3 is 6.18 Å². The van der Waals surface area contributed by atoms with Gasteiger partial charge in [-0.15, -0.1) is 0 Å². The minimum Gasteiger partial charge on any atom is -0.340 e. The largest absolute Gasteiger partial charge is 0.406 e. The second-order valence-electron chi connectivity index (χ2n) is 5.21. The molecular formula is C11H17F3N2O2. The van der Waals surface area contributed by atoms with Crippen molar-refractivity contribution in [3.05, 3.63) is 0 Å². The van der Waals surface area contributed by atoms with Crippen molar-refractivity contribution in [2.75, 3.05) is 6.54 Å². The van der Waals surface area contributed by atoms with E-state index < -0.39 is 35.6 Å². The molecule has 1 aliphatic heterocycles. The second-order valence-corrected chi connectivity index (χ2v) is 5.21. The maximum absolute atomic E-state index is 12.5. The van der Waals surface area contributed by atoms with Gasteiger partial charge in [0.05, 0.1) is 0 Å². The number of piperazine rings is 1. The summed E-state index contributed by atoms with van der Waals surface area (Å²) in [4.78, 5) is 24.6. The first-order valence-corrected chi connectivity index (χ1v) is 5.65. The van der Waals surface area contributed by atoms with Gasteiger partial charge in [-0.05, 0) is 27.2 Å². The van der Waals surface area contributed by atoms with Crippen LogP contribution in [0.5, 0.6) is 0 Å². The molecule has 1 N–H and O–H groups in total. The van der Waals surface area contributed by atoms with E-state index in [-0.39, 0.29) is 6.42 Å². The second kappa shape index (κ2) is 4.13. The van der Waals surface area contributed by atoms with Gasteiger partial charge in [0.1, 0.15) is 17.6 Å². The van der Waals surface area contributed by atoms with Crippen molar-refractivity contribution in [2.45, 2.75) is 51.4 Å². The molecule has 1 heterocycles. The lowest BCUT2D eigenvalue weighted by atomic mass is 9.87. The fraction of sp³-hybridized carbons (Fsp3) is 0.818. The monoisotopic (exact) mass is 266 g/mol. The van der Waals surface area contributed by atoms with Crippen LogP contribution in [0.1, 0.15) is 34.1 Å². The molecule has 0 aliphatic carbocycles. The van der Waals surface area contributed by atoms with Crippen molar-refractivity contribution in [2.24, 2.45) is 0 Å². The fourth-order valence-electron chi connectivity index (χ4n) is 1.82. The van der Waals surface area contributed by atoms with Crippen LogP contribution < -0.4 is 5.32 Å². The van der Waals surface area contributed by atoms with Gasteiger partial charge in [-0.3, -0.25) is 9.59 Å². The van der Waals surface area contributed by atoms with Crippen molar-refractivity contribution >= 4 is 11.8 Å². The van der Waals surface area contributed by atoms with E-state index in [9.17, 15) is 22.8 Å². The lowest BCUT2D eigenvalue weighted by Gasteiger charge is -2.48. The zero-order valence-corrected chi connectivity index (χ0v) is 10.8. The summed E-state index contributed by atoms with van der Waals surface area (Å²) in [5.41, 5.74) is -2.76. The maximum Gasteiger partial charge on any atom is 0.406 e. The molecule has 4 nitrogen and oxygen atoms in total. The molecule has 0 aromatic carbocycles. The van der Waals surface area contributed by atoms with Crippen LogP contribution >= 0.6 is 0 Å². The first-order valence-electron chi connectivity index (χ1n) is 5.65. The van der Waals surface area contributed by atoms with Gasteiger partial charge in [-0.25, -0.2) is 0 Å². The zero-order chi connectivity index (χ0) is 14.4. The van der Waals surface area contributed by atoms with Crippen LogP contribution in [0.2, 0.25) is 0 Å². The van der Waals surface area contributed by atoms with Gasteiger partial charge in [0.15, 0.2) is 0 Å². The molecule has 0 saturated carbocycles. The molecule has 0 aromatic heterocycles. The lowest BCUT2D eigenvalue weighted by molar-refractivity contribution is -0.184. The molecule has 0 bridgehead atoms. The van der Waals surface area contributed by atoms with E-state index >= 15 is 0 Å². The van der Waals surface area contributed by atoms with E-state index in [2.05, 4.69) is 5.32 Å². The van der Waals surface area contributed by atoms with E-state index in [0.29, 0.717) is 4.90 Å². The highest BCUT2D eigenvalue weighted by Gasteiger charge is 2.54. The number of alkyl halides is 3. The van der Waals surface area contributed by atoms with Crippen LogP contribution in [-0.2, 0) is 9.59 Å². The molecule has 0 radical (unpaired) electrons. The number of halogens is 3. The Bertz CT molecular complexity index is 379. The van der Waals surface area contributed by atoms with E-state index in [0.717, 1.165) is 0 Å². The third-order valence-corrected chi connectivity index (χ3v) is 3.38. The molecule has 0 aromatic rings. The van der Waals surface area contributed by atoms with E-state index in [1.54, 1.807) is 6.92 Å². The predicted molar refractivity (Wildman–Crippen MR) is 58.7 cm³/mol. The molecule has 2 amide bonds. The summed E-state index contributed by atoms with van der Waals surface area (Å²) in [6.07, 6.45) is -4.29. The smallest absolute Gasteiger partial charge is 0.340 e. The van der Waals surface area contributed by atoms with Crippen molar-refractivity contribution < 1.29 is 22.8 Å². The third kappa shape index (κ3) is 2.44. The summed E-state index contributed by atoms with van der Waals surface area (Å²) < 4.78 is 37.5. The Morgan fingerprint density at radius 3 is 2.11 bits per heavy atom. The van der Waals surface area contributed by atoms with Gasteiger partial charge in [0, 0.05) is 0 Å². The van der Waals surface area contributed by atoms with Crippen LogP contribution in [0.15, 0.2) is 0 Å². The summed E-state index contributed by atoms with van der Waals surface area (Å²) in [6, 6.07) is 0. The van der Waals surface area contributed by atoms with Crippen LogP contribution in [0.4, 0.5) is 13.2 Å². The summed E-state index contributed by atoms with van der Waals surface area (Å²) in [5, 5.41) is 2.50. The Balaban J connectivity index is 3.16. The highest BCUT2D eigenvalue weighted by molar-refractivity contribution is 6.01. The van der Waals surface area contributed by atoms with Crippen molar-refractivity contribution in [3.8, 4) is 0 Å². The average Bonchev–Trinajstić information content (AvgIpc) is 2.21. The van der Waals surface area contributed by atoms with E-state index in [1.807, 2.05) is 0 Å². The van der Waals surface area contributed by atoms with E-state index in [4.69, 9.17) is 0 Å². The third-order valence-electron chi connectivity index (χ3n) is 3.38. The van der Waals surface area contributed by atoms with Gasteiger partial charge in [0.2, 0.25) is 11.8 Å². The normalized spacial score (nSPS) is 28.3. The molecule has 1 aliphatic rings.